The fourth-order valence-corrected chi connectivity index (χ4v) is 5.85. The van der Waals surface area contributed by atoms with E-state index in [1.807, 2.05) is 36.7 Å². The molecule has 0 unspecified atom stereocenters. The fourth-order valence-electron chi connectivity index (χ4n) is 2.09. The summed E-state index contributed by atoms with van der Waals surface area (Å²) in [4.78, 5) is 2.21. The van der Waals surface area contributed by atoms with Gasteiger partial charge in [-0.3, -0.25) is 0 Å². The average molecular weight is 345 g/mol. The number of nitrogens with one attached hydrogen (secondary N) is 1. The van der Waals surface area contributed by atoms with Crippen LogP contribution in [0.1, 0.15) is 29.2 Å². The molecule has 2 rings (SSSR count). The zero-order chi connectivity index (χ0) is 15.7. The Bertz CT molecular complexity index is 701. The molecule has 116 valence electrons. The first-order chi connectivity index (χ1) is 9.78. The van der Waals surface area contributed by atoms with Crippen molar-refractivity contribution < 1.29 is 8.42 Å². The summed E-state index contributed by atoms with van der Waals surface area (Å²) in [6, 6.07) is 4.01. The number of nitrogens with two attached hydrogens (primary N) is 1. The Morgan fingerprint density at radius 2 is 2.05 bits per heavy atom. The summed E-state index contributed by atoms with van der Waals surface area (Å²) in [6.07, 6.45) is 0. The van der Waals surface area contributed by atoms with Crippen LogP contribution in [-0.4, -0.2) is 15.0 Å². The average Bonchev–Trinajstić information content (AvgIpc) is 3.06. The van der Waals surface area contributed by atoms with Gasteiger partial charge in [-0.1, -0.05) is 19.9 Å². The molecule has 0 aromatic carbocycles. The molecule has 2 aromatic heterocycles. The summed E-state index contributed by atoms with van der Waals surface area (Å²) < 4.78 is 27.8. The minimum Gasteiger partial charge on any atom is -0.326 e. The quantitative estimate of drug-likeness (QED) is 0.846. The van der Waals surface area contributed by atoms with Gasteiger partial charge in [-0.2, -0.15) is 0 Å². The van der Waals surface area contributed by atoms with Gasteiger partial charge in [0.2, 0.25) is 10.0 Å². The second kappa shape index (κ2) is 6.18. The molecule has 0 bridgehead atoms. The standard InChI is InChI=1S/C14H20N2O2S3/c1-10-8-20-11(7-15)13(10)21(17,18)16-9-14(2,3)12-5-4-6-19-12/h4-6,8,16H,7,9,15H2,1-3H3. The third-order valence-corrected chi connectivity index (χ3v) is 7.46. The van der Waals surface area contributed by atoms with E-state index in [4.69, 9.17) is 5.73 Å². The van der Waals surface area contributed by atoms with E-state index in [1.54, 1.807) is 18.3 Å². The van der Waals surface area contributed by atoms with Crippen LogP contribution in [0.4, 0.5) is 0 Å². The van der Waals surface area contributed by atoms with Crippen LogP contribution in [0.2, 0.25) is 0 Å². The number of thiophene rings is 2. The van der Waals surface area contributed by atoms with Crippen molar-refractivity contribution in [3.63, 3.8) is 0 Å². The zero-order valence-electron chi connectivity index (χ0n) is 12.3. The van der Waals surface area contributed by atoms with Crippen LogP contribution in [-0.2, 0) is 22.0 Å². The van der Waals surface area contributed by atoms with E-state index in [0.29, 0.717) is 16.3 Å². The van der Waals surface area contributed by atoms with Crippen LogP contribution >= 0.6 is 22.7 Å². The summed E-state index contributed by atoms with van der Waals surface area (Å²) in [6.45, 7) is 6.46. The lowest BCUT2D eigenvalue weighted by molar-refractivity contribution is 0.509. The van der Waals surface area contributed by atoms with E-state index in [1.165, 1.54) is 11.3 Å². The predicted octanol–water partition coefficient (Wildman–Crippen LogP) is 2.83. The first-order valence-corrected chi connectivity index (χ1v) is 9.83. The number of hydrogen-bond acceptors (Lipinski definition) is 5. The van der Waals surface area contributed by atoms with Crippen LogP contribution in [0.5, 0.6) is 0 Å². The number of aryl methyl sites for hydroxylation is 1. The van der Waals surface area contributed by atoms with Crippen LogP contribution in [0.3, 0.4) is 0 Å². The highest BCUT2D eigenvalue weighted by molar-refractivity contribution is 7.89. The van der Waals surface area contributed by atoms with Crippen LogP contribution in [0.25, 0.3) is 0 Å². The molecule has 0 aliphatic carbocycles. The van der Waals surface area contributed by atoms with Crippen LogP contribution in [0, 0.1) is 6.92 Å². The molecule has 4 nitrogen and oxygen atoms in total. The Morgan fingerprint density at radius 1 is 1.33 bits per heavy atom. The van der Waals surface area contributed by atoms with Crippen molar-refractivity contribution in [2.75, 3.05) is 6.54 Å². The SMILES string of the molecule is Cc1csc(CN)c1S(=O)(=O)NCC(C)(C)c1cccs1. The molecule has 3 N–H and O–H groups in total. The fraction of sp³-hybridized carbons (Fsp3) is 0.429. The van der Waals surface area contributed by atoms with Crippen molar-refractivity contribution in [1.82, 2.24) is 4.72 Å². The highest BCUT2D eigenvalue weighted by Crippen LogP contribution is 2.29. The van der Waals surface area contributed by atoms with E-state index in [9.17, 15) is 8.42 Å². The van der Waals surface area contributed by atoms with Gasteiger partial charge in [0, 0.05) is 28.3 Å². The third-order valence-electron chi connectivity index (χ3n) is 3.34. The Hall–Kier alpha value is -0.730. The van der Waals surface area contributed by atoms with Gasteiger partial charge < -0.3 is 5.73 Å². The smallest absolute Gasteiger partial charge is 0.242 e. The van der Waals surface area contributed by atoms with E-state index >= 15 is 0 Å². The van der Waals surface area contributed by atoms with Crippen LogP contribution < -0.4 is 10.5 Å². The third kappa shape index (κ3) is 3.54. The maximum absolute atomic E-state index is 12.6. The van der Waals surface area contributed by atoms with E-state index in [2.05, 4.69) is 4.72 Å². The van der Waals surface area contributed by atoms with Crippen molar-refractivity contribution in [2.45, 2.75) is 37.6 Å². The van der Waals surface area contributed by atoms with E-state index < -0.39 is 10.0 Å². The molecule has 2 aromatic rings. The van der Waals surface area contributed by atoms with Crippen molar-refractivity contribution in [2.24, 2.45) is 5.73 Å². The lowest BCUT2D eigenvalue weighted by atomic mass is 9.92. The second-order valence-electron chi connectivity index (χ2n) is 5.56. The molecule has 0 spiro atoms. The Kier molecular flexibility index (Phi) is 4.89. The summed E-state index contributed by atoms with van der Waals surface area (Å²) in [5, 5.41) is 3.84. The highest BCUT2D eigenvalue weighted by atomic mass is 32.2. The molecule has 0 saturated heterocycles. The first-order valence-electron chi connectivity index (χ1n) is 6.58. The molecule has 0 aliphatic heterocycles. The van der Waals surface area contributed by atoms with E-state index in [0.717, 1.165) is 10.4 Å². The van der Waals surface area contributed by atoms with Gasteiger partial charge in [0.15, 0.2) is 0 Å². The second-order valence-corrected chi connectivity index (χ2v) is 9.18. The van der Waals surface area contributed by atoms with Crippen molar-refractivity contribution in [3.05, 3.63) is 38.2 Å². The van der Waals surface area contributed by atoms with E-state index in [-0.39, 0.29) is 12.0 Å². The molecular weight excluding hydrogens is 324 g/mol. The topological polar surface area (TPSA) is 72.2 Å². The lowest BCUT2D eigenvalue weighted by Crippen LogP contribution is -2.36. The first kappa shape index (κ1) is 16.6. The molecule has 0 atom stereocenters. The largest absolute Gasteiger partial charge is 0.326 e. The van der Waals surface area contributed by atoms with Crippen molar-refractivity contribution in [3.8, 4) is 0 Å². The van der Waals surface area contributed by atoms with Gasteiger partial charge >= 0.3 is 0 Å². The van der Waals surface area contributed by atoms with Gasteiger partial charge in [0.25, 0.3) is 0 Å². The maximum atomic E-state index is 12.6. The van der Waals surface area contributed by atoms with Gasteiger partial charge in [-0.25, -0.2) is 13.1 Å². The number of hydrogen-bond donors (Lipinski definition) is 2. The maximum Gasteiger partial charge on any atom is 0.242 e. The van der Waals surface area contributed by atoms with Crippen molar-refractivity contribution in [1.29, 1.82) is 0 Å². The zero-order valence-corrected chi connectivity index (χ0v) is 14.8. The normalized spacial score (nSPS) is 12.8. The Morgan fingerprint density at radius 3 is 2.62 bits per heavy atom. The summed E-state index contributed by atoms with van der Waals surface area (Å²) >= 11 is 3.03. The number of sulfonamides is 1. The molecule has 21 heavy (non-hydrogen) atoms. The van der Waals surface area contributed by atoms with Crippen LogP contribution in [0.15, 0.2) is 27.8 Å². The highest BCUT2D eigenvalue weighted by Gasteiger charge is 2.27. The predicted molar refractivity (Wildman–Crippen MR) is 89.5 cm³/mol. The molecule has 0 fully saturated rings. The van der Waals surface area contributed by atoms with Crippen molar-refractivity contribution >= 4 is 32.7 Å². The Labute approximate surface area is 134 Å². The molecule has 0 saturated carbocycles. The molecule has 2 heterocycles. The minimum atomic E-state index is -3.53. The minimum absolute atomic E-state index is 0.239. The number of rotatable bonds is 6. The molecule has 0 amide bonds. The summed E-state index contributed by atoms with van der Waals surface area (Å²) in [5.74, 6) is 0. The molecular formula is C14H20N2O2S3. The van der Waals surface area contributed by atoms with Gasteiger partial charge in [-0.05, 0) is 29.3 Å². The monoisotopic (exact) mass is 344 g/mol. The lowest BCUT2D eigenvalue weighted by Gasteiger charge is -2.23. The van der Waals surface area contributed by atoms with Gasteiger partial charge in [-0.15, -0.1) is 22.7 Å². The van der Waals surface area contributed by atoms with Gasteiger partial charge in [0.1, 0.15) is 4.90 Å². The molecule has 0 radical (unpaired) electrons. The summed E-state index contributed by atoms with van der Waals surface area (Å²) in [5.41, 5.74) is 6.15. The summed E-state index contributed by atoms with van der Waals surface area (Å²) in [7, 11) is -3.53. The molecule has 0 aliphatic rings. The van der Waals surface area contributed by atoms with Gasteiger partial charge in [0.05, 0.1) is 0 Å². The Balaban J connectivity index is 2.21. The molecule has 7 heteroatoms.